The fourth-order valence-corrected chi connectivity index (χ4v) is 3.23. The molecular formula is C14H22N4O. The first-order chi connectivity index (χ1) is 9.31. The van der Waals surface area contributed by atoms with E-state index in [1.807, 2.05) is 4.90 Å². The van der Waals surface area contributed by atoms with Gasteiger partial charge in [-0.2, -0.15) is 5.10 Å². The van der Waals surface area contributed by atoms with Gasteiger partial charge in [-0.25, -0.2) is 0 Å². The number of carbonyl (C=O) groups is 1. The van der Waals surface area contributed by atoms with E-state index < -0.39 is 0 Å². The van der Waals surface area contributed by atoms with Crippen LogP contribution in [0.2, 0.25) is 0 Å². The van der Waals surface area contributed by atoms with Crippen LogP contribution in [0.4, 0.5) is 0 Å². The number of rotatable bonds is 2. The average molecular weight is 262 g/mol. The zero-order valence-corrected chi connectivity index (χ0v) is 11.5. The monoisotopic (exact) mass is 262 g/mol. The summed E-state index contributed by atoms with van der Waals surface area (Å²) in [5, 5.41) is 10.6. The lowest BCUT2D eigenvalue weighted by Crippen LogP contribution is -2.44. The van der Waals surface area contributed by atoms with Crippen molar-refractivity contribution in [3.8, 4) is 0 Å². The molecule has 5 nitrogen and oxygen atoms in total. The maximum absolute atomic E-state index is 12.7. The number of nitrogens with zero attached hydrogens (tertiary/aromatic N) is 2. The van der Waals surface area contributed by atoms with Crippen LogP contribution in [0.15, 0.2) is 0 Å². The van der Waals surface area contributed by atoms with Crippen molar-refractivity contribution in [2.24, 2.45) is 0 Å². The van der Waals surface area contributed by atoms with Crippen LogP contribution in [0.1, 0.15) is 54.4 Å². The summed E-state index contributed by atoms with van der Waals surface area (Å²) in [5.74, 6) is 0.118. The SMILES string of the molecule is CC[C@@H]1CCCCN1C(=O)c1n[nH]c2c1CNCC2. The predicted molar refractivity (Wildman–Crippen MR) is 73.0 cm³/mol. The summed E-state index contributed by atoms with van der Waals surface area (Å²) in [7, 11) is 0. The third-order valence-corrected chi connectivity index (χ3v) is 4.37. The van der Waals surface area contributed by atoms with Gasteiger partial charge in [0.25, 0.3) is 5.91 Å². The summed E-state index contributed by atoms with van der Waals surface area (Å²) in [5.41, 5.74) is 2.85. The second-order valence-corrected chi connectivity index (χ2v) is 5.51. The summed E-state index contributed by atoms with van der Waals surface area (Å²) >= 11 is 0. The average Bonchev–Trinajstić information content (AvgIpc) is 2.90. The van der Waals surface area contributed by atoms with E-state index in [0.29, 0.717) is 11.7 Å². The summed E-state index contributed by atoms with van der Waals surface area (Å²) in [6, 6.07) is 0.394. The van der Waals surface area contributed by atoms with Crippen molar-refractivity contribution in [3.63, 3.8) is 0 Å². The van der Waals surface area contributed by atoms with Crippen molar-refractivity contribution in [3.05, 3.63) is 17.0 Å². The Morgan fingerprint density at radius 3 is 3.21 bits per heavy atom. The Bertz CT molecular complexity index is 468. The minimum atomic E-state index is 0.118. The number of hydrogen-bond acceptors (Lipinski definition) is 3. The van der Waals surface area contributed by atoms with E-state index in [4.69, 9.17) is 0 Å². The Hall–Kier alpha value is -1.36. The summed E-state index contributed by atoms with van der Waals surface area (Å²) in [4.78, 5) is 14.8. The van der Waals surface area contributed by atoms with Crippen molar-refractivity contribution in [2.75, 3.05) is 13.1 Å². The Morgan fingerprint density at radius 2 is 2.37 bits per heavy atom. The third-order valence-electron chi connectivity index (χ3n) is 4.37. The molecule has 2 aliphatic rings. The maximum atomic E-state index is 12.7. The molecule has 1 amide bonds. The summed E-state index contributed by atoms with van der Waals surface area (Å²) < 4.78 is 0. The third kappa shape index (κ3) is 2.27. The molecule has 0 aromatic carbocycles. The minimum Gasteiger partial charge on any atom is -0.334 e. The Morgan fingerprint density at radius 1 is 1.47 bits per heavy atom. The Kier molecular flexibility index (Phi) is 3.55. The molecule has 0 bridgehead atoms. The topological polar surface area (TPSA) is 61.0 Å². The van der Waals surface area contributed by atoms with Gasteiger partial charge in [0.15, 0.2) is 5.69 Å². The normalized spacial score (nSPS) is 23.2. The maximum Gasteiger partial charge on any atom is 0.274 e. The number of fused-ring (bicyclic) bond motifs is 1. The zero-order valence-electron chi connectivity index (χ0n) is 11.5. The second kappa shape index (κ2) is 5.33. The van der Waals surface area contributed by atoms with Crippen molar-refractivity contribution < 1.29 is 4.79 Å². The van der Waals surface area contributed by atoms with Crippen molar-refractivity contribution >= 4 is 5.91 Å². The van der Waals surface area contributed by atoms with Gasteiger partial charge in [0, 0.05) is 43.4 Å². The molecular weight excluding hydrogens is 240 g/mol. The lowest BCUT2D eigenvalue weighted by Gasteiger charge is -2.35. The number of likely N-dealkylation sites (tertiary alicyclic amines) is 1. The number of carbonyl (C=O) groups excluding carboxylic acids is 1. The highest BCUT2D eigenvalue weighted by Crippen LogP contribution is 2.24. The van der Waals surface area contributed by atoms with Crippen LogP contribution < -0.4 is 5.32 Å². The zero-order chi connectivity index (χ0) is 13.2. The molecule has 0 radical (unpaired) electrons. The first kappa shape index (κ1) is 12.7. The molecule has 3 rings (SSSR count). The second-order valence-electron chi connectivity index (χ2n) is 5.51. The highest BCUT2D eigenvalue weighted by molar-refractivity contribution is 5.94. The van der Waals surface area contributed by atoms with E-state index in [0.717, 1.165) is 56.6 Å². The molecule has 1 atom stereocenters. The van der Waals surface area contributed by atoms with Crippen LogP contribution in [-0.2, 0) is 13.0 Å². The molecule has 1 aromatic heterocycles. The molecule has 19 heavy (non-hydrogen) atoms. The van der Waals surface area contributed by atoms with Gasteiger partial charge in [0.2, 0.25) is 0 Å². The predicted octanol–water partition coefficient (Wildman–Crippen LogP) is 1.46. The Balaban J connectivity index is 1.84. The van der Waals surface area contributed by atoms with Crippen molar-refractivity contribution in [2.45, 2.75) is 51.6 Å². The fraction of sp³-hybridized carbons (Fsp3) is 0.714. The van der Waals surface area contributed by atoms with Gasteiger partial charge in [0.1, 0.15) is 0 Å². The molecule has 1 fully saturated rings. The quantitative estimate of drug-likeness (QED) is 0.848. The molecule has 104 valence electrons. The molecule has 5 heteroatoms. The van der Waals surface area contributed by atoms with Gasteiger partial charge in [-0.3, -0.25) is 9.89 Å². The highest BCUT2D eigenvalue weighted by Gasteiger charge is 2.30. The van der Waals surface area contributed by atoms with E-state index in [1.54, 1.807) is 0 Å². The van der Waals surface area contributed by atoms with Crippen LogP contribution in [0.25, 0.3) is 0 Å². The molecule has 1 aromatic rings. The van der Waals surface area contributed by atoms with Crippen LogP contribution in [0.3, 0.4) is 0 Å². The Labute approximate surface area is 113 Å². The van der Waals surface area contributed by atoms with Gasteiger partial charge in [-0.15, -0.1) is 0 Å². The van der Waals surface area contributed by atoms with Gasteiger partial charge in [0.05, 0.1) is 0 Å². The first-order valence-electron chi connectivity index (χ1n) is 7.39. The first-order valence-corrected chi connectivity index (χ1v) is 7.39. The molecule has 2 N–H and O–H groups in total. The molecule has 0 aliphatic carbocycles. The van der Waals surface area contributed by atoms with Crippen molar-refractivity contribution in [1.82, 2.24) is 20.4 Å². The van der Waals surface area contributed by atoms with Gasteiger partial charge in [-0.05, 0) is 25.7 Å². The number of piperidine rings is 1. The highest BCUT2D eigenvalue weighted by atomic mass is 16.2. The smallest absolute Gasteiger partial charge is 0.274 e. The molecule has 1 saturated heterocycles. The number of amides is 1. The van der Waals surface area contributed by atoms with E-state index in [2.05, 4.69) is 22.4 Å². The largest absolute Gasteiger partial charge is 0.334 e. The number of nitrogens with one attached hydrogen (secondary N) is 2. The van der Waals surface area contributed by atoms with Crippen LogP contribution in [-0.4, -0.2) is 40.1 Å². The number of aromatic amines is 1. The molecule has 3 heterocycles. The van der Waals surface area contributed by atoms with Crippen LogP contribution in [0.5, 0.6) is 0 Å². The van der Waals surface area contributed by atoms with Crippen LogP contribution >= 0.6 is 0 Å². The standard InChI is InChI=1S/C14H22N4O/c1-2-10-5-3-4-8-18(10)14(19)13-11-9-15-7-6-12(11)16-17-13/h10,15H,2-9H2,1H3,(H,16,17)/t10-/m1/s1. The summed E-state index contributed by atoms with van der Waals surface area (Å²) in [6.45, 7) is 4.77. The number of hydrogen-bond donors (Lipinski definition) is 2. The van der Waals surface area contributed by atoms with E-state index in [1.165, 1.54) is 6.42 Å². The number of H-pyrrole nitrogens is 1. The molecule has 0 saturated carbocycles. The van der Waals surface area contributed by atoms with Crippen LogP contribution in [0, 0.1) is 0 Å². The number of aromatic nitrogens is 2. The van der Waals surface area contributed by atoms with Gasteiger partial charge in [-0.1, -0.05) is 6.92 Å². The summed E-state index contributed by atoms with van der Waals surface area (Å²) in [6.07, 6.45) is 5.46. The van der Waals surface area contributed by atoms with Gasteiger partial charge >= 0.3 is 0 Å². The lowest BCUT2D eigenvalue weighted by molar-refractivity contribution is 0.0600. The van der Waals surface area contributed by atoms with E-state index in [-0.39, 0.29) is 5.91 Å². The van der Waals surface area contributed by atoms with Crippen molar-refractivity contribution in [1.29, 1.82) is 0 Å². The minimum absolute atomic E-state index is 0.118. The van der Waals surface area contributed by atoms with Gasteiger partial charge < -0.3 is 10.2 Å². The molecule has 2 aliphatic heterocycles. The molecule has 0 unspecified atom stereocenters. The van der Waals surface area contributed by atoms with E-state index in [9.17, 15) is 4.79 Å². The van der Waals surface area contributed by atoms with E-state index >= 15 is 0 Å². The lowest BCUT2D eigenvalue weighted by atomic mass is 9.98. The molecule has 0 spiro atoms. The fourth-order valence-electron chi connectivity index (χ4n) is 3.23.